The number of hydrogen-bond donors (Lipinski definition) is 2. The number of nitrogens with one attached hydrogen (secondary N) is 1. The van der Waals surface area contributed by atoms with Crippen LogP contribution < -0.4 is 16.2 Å². The molecule has 0 aliphatic rings. The Kier molecular flexibility index (Phi) is 1.02. The van der Waals surface area contributed by atoms with Gasteiger partial charge in [-0.2, -0.15) is 0 Å². The van der Waals surface area contributed by atoms with Crippen molar-refractivity contribution in [3.63, 3.8) is 0 Å². The first kappa shape index (κ1) is 5.81. The molecule has 0 fully saturated rings. The van der Waals surface area contributed by atoms with Crippen LogP contribution in [0.2, 0.25) is 0 Å². The van der Waals surface area contributed by atoms with E-state index in [2.05, 4.69) is 5.32 Å². The molecule has 1 rings (SSSR count). The lowest BCUT2D eigenvalue weighted by atomic mass is 10.2. The van der Waals surface area contributed by atoms with Gasteiger partial charge in [0.05, 0.1) is 0 Å². The minimum absolute atomic E-state index is 0.0139. The fourth-order valence-electron chi connectivity index (χ4n) is 0.612. The second kappa shape index (κ2) is 1.58. The highest BCUT2D eigenvalue weighted by atomic mass is 16.3. The van der Waals surface area contributed by atoms with E-state index in [1.54, 1.807) is 0 Å². The number of anilines is 1. The third-order valence-corrected chi connectivity index (χ3v) is 1.14. The monoisotopic (exact) mass is 127 g/mol. The quantitative estimate of drug-likeness (QED) is 0.476. The Morgan fingerprint density at radius 2 is 1.89 bits per heavy atom. The largest absolute Gasteiger partial charge is 0.502 e. The van der Waals surface area contributed by atoms with Gasteiger partial charge in [-0.1, -0.05) is 0 Å². The Morgan fingerprint density at radius 1 is 1.33 bits per heavy atom. The summed E-state index contributed by atoms with van der Waals surface area (Å²) in [6.07, 6.45) is 0. The highest BCUT2D eigenvalue weighted by molar-refractivity contribution is 5.60. The van der Waals surface area contributed by atoms with Gasteiger partial charge in [-0.15, -0.1) is 0 Å². The van der Waals surface area contributed by atoms with Crippen LogP contribution in [0, 0.1) is 0 Å². The summed E-state index contributed by atoms with van der Waals surface area (Å²) in [4.78, 5) is 20.6. The molecule has 0 atom stereocenters. The molecular formula is C5H5NO3. The molecule has 0 amide bonds. The zero-order valence-electron chi connectivity index (χ0n) is 4.76. The van der Waals surface area contributed by atoms with Crippen molar-refractivity contribution < 1.29 is 5.11 Å². The second-order valence-electron chi connectivity index (χ2n) is 1.63. The molecule has 4 nitrogen and oxygen atoms in total. The summed E-state index contributed by atoms with van der Waals surface area (Å²) in [7, 11) is 1.47. The van der Waals surface area contributed by atoms with Crippen molar-refractivity contribution in [3.8, 4) is 5.75 Å². The van der Waals surface area contributed by atoms with Gasteiger partial charge in [-0.3, -0.25) is 9.59 Å². The van der Waals surface area contributed by atoms with Gasteiger partial charge in [0.25, 0.3) is 10.9 Å². The summed E-state index contributed by atoms with van der Waals surface area (Å²) < 4.78 is 0. The predicted octanol–water partition coefficient (Wildman–Crippen LogP) is -0.970. The van der Waals surface area contributed by atoms with Crippen LogP contribution in [0.4, 0.5) is 5.69 Å². The number of aromatic hydroxyl groups is 1. The second-order valence-corrected chi connectivity index (χ2v) is 1.63. The summed E-state index contributed by atoms with van der Waals surface area (Å²) in [5.41, 5.74) is -1.44. The standard InChI is InChI=1S/C5H5NO3/c1-6-2-3(7)5(9)4(2)8/h6-7H,1H3. The highest BCUT2D eigenvalue weighted by Gasteiger charge is 2.17. The molecule has 0 unspecified atom stereocenters. The van der Waals surface area contributed by atoms with E-state index in [-0.39, 0.29) is 5.69 Å². The highest BCUT2D eigenvalue weighted by Crippen LogP contribution is 2.12. The molecular weight excluding hydrogens is 122 g/mol. The van der Waals surface area contributed by atoms with E-state index in [1.165, 1.54) is 7.05 Å². The topological polar surface area (TPSA) is 66.4 Å². The first-order chi connectivity index (χ1) is 4.18. The van der Waals surface area contributed by atoms with Gasteiger partial charge in [0, 0.05) is 7.05 Å². The number of hydrogen-bond acceptors (Lipinski definition) is 4. The molecule has 1 aromatic rings. The Morgan fingerprint density at radius 3 is 2.11 bits per heavy atom. The van der Waals surface area contributed by atoms with Gasteiger partial charge in [0.1, 0.15) is 5.69 Å². The zero-order valence-corrected chi connectivity index (χ0v) is 4.76. The average molecular weight is 127 g/mol. The van der Waals surface area contributed by atoms with E-state index >= 15 is 0 Å². The van der Waals surface area contributed by atoms with Crippen molar-refractivity contribution in [3.05, 3.63) is 20.4 Å². The maximum Gasteiger partial charge on any atom is 0.271 e. The predicted molar refractivity (Wildman–Crippen MR) is 32.6 cm³/mol. The van der Waals surface area contributed by atoms with Crippen molar-refractivity contribution in [1.82, 2.24) is 0 Å². The molecule has 9 heavy (non-hydrogen) atoms. The Balaban J connectivity index is 3.25. The third-order valence-electron chi connectivity index (χ3n) is 1.14. The molecule has 0 aliphatic heterocycles. The minimum atomic E-state index is -0.806. The van der Waals surface area contributed by atoms with Gasteiger partial charge in [-0.25, -0.2) is 0 Å². The Labute approximate surface area is 50.4 Å². The van der Waals surface area contributed by atoms with E-state index < -0.39 is 16.6 Å². The van der Waals surface area contributed by atoms with Gasteiger partial charge < -0.3 is 10.4 Å². The molecule has 0 radical (unpaired) electrons. The Hall–Kier alpha value is -1.32. The molecule has 0 aromatic heterocycles. The summed E-state index contributed by atoms with van der Waals surface area (Å²) in [5, 5.41) is 11.0. The van der Waals surface area contributed by atoms with E-state index in [9.17, 15) is 9.59 Å². The molecule has 48 valence electrons. The molecule has 1 aromatic carbocycles. The lowest BCUT2D eigenvalue weighted by molar-refractivity contribution is 0.466. The van der Waals surface area contributed by atoms with Gasteiger partial charge in [0.15, 0.2) is 5.75 Å². The van der Waals surface area contributed by atoms with Crippen LogP contribution in [-0.2, 0) is 0 Å². The summed E-state index contributed by atoms with van der Waals surface area (Å²) in [6, 6.07) is 0. The fourth-order valence-corrected chi connectivity index (χ4v) is 0.612. The number of rotatable bonds is 1. The van der Waals surface area contributed by atoms with Crippen molar-refractivity contribution in [1.29, 1.82) is 0 Å². The first-order valence-electron chi connectivity index (χ1n) is 2.38. The van der Waals surface area contributed by atoms with Gasteiger partial charge in [0.2, 0.25) is 0 Å². The maximum atomic E-state index is 10.4. The van der Waals surface area contributed by atoms with Crippen LogP contribution in [-0.4, -0.2) is 12.2 Å². The molecule has 0 spiro atoms. The van der Waals surface area contributed by atoms with Crippen molar-refractivity contribution in [2.24, 2.45) is 0 Å². The lowest BCUT2D eigenvalue weighted by Crippen LogP contribution is -2.32. The van der Waals surface area contributed by atoms with E-state index in [1.807, 2.05) is 0 Å². The fraction of sp³-hybridized carbons (Fsp3) is 0.200. The SMILES string of the molecule is CNc1c(O)c(=O)c1=O. The molecule has 0 bridgehead atoms. The van der Waals surface area contributed by atoms with Crippen LogP contribution in [0.5, 0.6) is 5.75 Å². The van der Waals surface area contributed by atoms with E-state index in [0.29, 0.717) is 0 Å². The summed E-state index contributed by atoms with van der Waals surface area (Å²) in [5.74, 6) is -0.456. The smallest absolute Gasteiger partial charge is 0.271 e. The lowest BCUT2D eigenvalue weighted by Gasteiger charge is -2.01. The average Bonchev–Trinajstić information content (AvgIpc) is 1.89. The molecule has 4 heteroatoms. The van der Waals surface area contributed by atoms with Gasteiger partial charge >= 0.3 is 0 Å². The minimum Gasteiger partial charge on any atom is -0.502 e. The summed E-state index contributed by atoms with van der Waals surface area (Å²) in [6.45, 7) is 0. The molecule has 2 N–H and O–H groups in total. The van der Waals surface area contributed by atoms with Crippen LogP contribution in [0.1, 0.15) is 0 Å². The molecule has 0 aliphatic carbocycles. The van der Waals surface area contributed by atoms with Crippen LogP contribution >= 0.6 is 0 Å². The zero-order chi connectivity index (χ0) is 7.02. The van der Waals surface area contributed by atoms with Crippen LogP contribution in [0.3, 0.4) is 0 Å². The van der Waals surface area contributed by atoms with E-state index in [0.717, 1.165) is 0 Å². The van der Waals surface area contributed by atoms with Gasteiger partial charge in [-0.05, 0) is 0 Å². The molecule has 0 heterocycles. The molecule has 0 saturated heterocycles. The van der Waals surface area contributed by atoms with Crippen LogP contribution in [0.25, 0.3) is 0 Å². The maximum absolute atomic E-state index is 10.4. The normalized spacial score (nSPS) is 9.89. The van der Waals surface area contributed by atoms with Crippen molar-refractivity contribution in [2.75, 3.05) is 12.4 Å². The summed E-state index contributed by atoms with van der Waals surface area (Å²) >= 11 is 0. The first-order valence-corrected chi connectivity index (χ1v) is 2.38. The van der Waals surface area contributed by atoms with Crippen LogP contribution in [0.15, 0.2) is 9.59 Å². The molecule has 0 saturated carbocycles. The van der Waals surface area contributed by atoms with Crippen molar-refractivity contribution in [2.45, 2.75) is 0 Å². The van der Waals surface area contributed by atoms with E-state index in [4.69, 9.17) is 5.11 Å². The Bertz CT molecular complexity index is 295. The third kappa shape index (κ3) is 0.526. The van der Waals surface area contributed by atoms with Crippen molar-refractivity contribution >= 4 is 5.69 Å².